The van der Waals surface area contributed by atoms with Crippen LogP contribution in [0.25, 0.3) is 0 Å². The fourth-order valence-electron chi connectivity index (χ4n) is 2.85. The minimum Gasteiger partial charge on any atom is -0.340 e. The van der Waals surface area contributed by atoms with E-state index in [0.29, 0.717) is 17.7 Å². The number of amides is 2. The second-order valence-corrected chi connectivity index (χ2v) is 10.2. The first-order valence-corrected chi connectivity index (χ1v) is 12.9. The predicted octanol–water partition coefficient (Wildman–Crippen LogP) is 5.40. The molecule has 31 heavy (non-hydrogen) atoms. The highest BCUT2D eigenvalue weighted by Gasteiger charge is 2.21. The molecule has 0 aliphatic carbocycles. The van der Waals surface area contributed by atoms with Crippen molar-refractivity contribution in [3.63, 3.8) is 0 Å². The van der Waals surface area contributed by atoms with Crippen molar-refractivity contribution in [2.75, 3.05) is 17.3 Å². The van der Waals surface area contributed by atoms with Crippen molar-refractivity contribution in [2.45, 2.75) is 35.5 Å². The summed E-state index contributed by atoms with van der Waals surface area (Å²) in [5, 5.41) is 7.84. The van der Waals surface area contributed by atoms with E-state index < -0.39 is 6.04 Å². The summed E-state index contributed by atoms with van der Waals surface area (Å²) in [4.78, 5) is 31.0. The number of rotatable bonds is 9. The molecule has 3 rings (SSSR count). The molecule has 0 saturated carbocycles. The number of hydrogen-bond donors (Lipinski definition) is 2. The van der Waals surface area contributed by atoms with Gasteiger partial charge in [0.1, 0.15) is 6.04 Å². The number of aryl methyl sites for hydroxylation is 2. The number of aromatic nitrogens is 1. The van der Waals surface area contributed by atoms with Gasteiger partial charge in [-0.25, -0.2) is 4.98 Å². The number of nitrogens with one attached hydrogen (secondary N) is 2. The standard InChI is InChI=1S/C23H25N3O2S3/c1-15-5-4-6-17(13-15)21(27)26-20(11-12-29-3)22(28)25-18-7-9-19(10-8-18)31-23-24-16(2)14-30-23/h4-10,13-14,20H,11-12H2,1-3H3,(H,25,28)(H,26,27). The monoisotopic (exact) mass is 471 g/mol. The van der Waals surface area contributed by atoms with Crippen LogP contribution < -0.4 is 10.6 Å². The average molecular weight is 472 g/mol. The third kappa shape index (κ3) is 7.12. The van der Waals surface area contributed by atoms with Crippen LogP contribution in [-0.2, 0) is 4.79 Å². The molecule has 1 unspecified atom stereocenters. The van der Waals surface area contributed by atoms with E-state index in [2.05, 4.69) is 15.6 Å². The van der Waals surface area contributed by atoms with Gasteiger partial charge in [0.15, 0.2) is 4.34 Å². The zero-order chi connectivity index (χ0) is 22.2. The number of carbonyl (C=O) groups excluding carboxylic acids is 2. The van der Waals surface area contributed by atoms with Crippen LogP contribution in [0.15, 0.2) is 63.1 Å². The summed E-state index contributed by atoms with van der Waals surface area (Å²) in [6.45, 7) is 3.91. The molecule has 0 aliphatic rings. The zero-order valence-electron chi connectivity index (χ0n) is 17.7. The van der Waals surface area contributed by atoms with E-state index in [1.54, 1.807) is 40.9 Å². The lowest BCUT2D eigenvalue weighted by Gasteiger charge is -2.18. The van der Waals surface area contributed by atoms with Gasteiger partial charge in [-0.15, -0.1) is 11.3 Å². The summed E-state index contributed by atoms with van der Waals surface area (Å²) in [5.74, 6) is 0.316. The molecule has 1 atom stereocenters. The van der Waals surface area contributed by atoms with Gasteiger partial charge < -0.3 is 10.6 Å². The quantitative estimate of drug-likeness (QED) is 0.437. The molecule has 2 aromatic carbocycles. The van der Waals surface area contributed by atoms with Gasteiger partial charge in [0.05, 0.1) is 0 Å². The molecular weight excluding hydrogens is 446 g/mol. The Hall–Kier alpha value is -2.29. The molecule has 2 amide bonds. The van der Waals surface area contributed by atoms with Crippen LogP contribution in [0.3, 0.4) is 0 Å². The molecule has 8 heteroatoms. The van der Waals surface area contributed by atoms with Gasteiger partial charge in [-0.05, 0) is 68.7 Å². The topological polar surface area (TPSA) is 71.1 Å². The SMILES string of the molecule is CSCCC(NC(=O)c1cccc(C)c1)C(=O)Nc1ccc(Sc2nc(C)cs2)cc1. The first kappa shape index (κ1) is 23.4. The van der Waals surface area contributed by atoms with Crippen LogP contribution >= 0.6 is 34.9 Å². The van der Waals surface area contributed by atoms with E-state index in [-0.39, 0.29) is 11.8 Å². The van der Waals surface area contributed by atoms with Crippen LogP contribution in [0.4, 0.5) is 5.69 Å². The van der Waals surface area contributed by atoms with Crippen molar-refractivity contribution in [3.8, 4) is 0 Å². The van der Waals surface area contributed by atoms with Crippen LogP contribution in [0.2, 0.25) is 0 Å². The normalized spacial score (nSPS) is 11.7. The number of anilines is 1. The molecule has 162 valence electrons. The number of thiazole rings is 1. The second-order valence-electron chi connectivity index (χ2n) is 7.05. The maximum atomic E-state index is 12.9. The van der Waals surface area contributed by atoms with E-state index >= 15 is 0 Å². The third-order valence-corrected chi connectivity index (χ3v) is 7.15. The Morgan fingerprint density at radius 3 is 2.55 bits per heavy atom. The van der Waals surface area contributed by atoms with Gasteiger partial charge in [-0.2, -0.15) is 11.8 Å². The summed E-state index contributed by atoms with van der Waals surface area (Å²) in [6, 6.07) is 14.4. The van der Waals surface area contributed by atoms with E-state index in [0.717, 1.165) is 26.2 Å². The number of benzene rings is 2. The molecule has 0 saturated heterocycles. The van der Waals surface area contributed by atoms with Crippen LogP contribution in [0.1, 0.15) is 28.0 Å². The summed E-state index contributed by atoms with van der Waals surface area (Å²) in [7, 11) is 0. The number of carbonyl (C=O) groups is 2. The van der Waals surface area contributed by atoms with Gasteiger partial charge >= 0.3 is 0 Å². The average Bonchev–Trinajstić information content (AvgIpc) is 3.16. The Morgan fingerprint density at radius 1 is 1.13 bits per heavy atom. The second kappa shape index (κ2) is 11.4. The van der Waals surface area contributed by atoms with Crippen molar-refractivity contribution in [1.82, 2.24) is 10.3 Å². The molecule has 0 aliphatic heterocycles. The van der Waals surface area contributed by atoms with Crippen LogP contribution in [0, 0.1) is 13.8 Å². The van der Waals surface area contributed by atoms with Crippen molar-refractivity contribution in [3.05, 3.63) is 70.7 Å². The fraction of sp³-hybridized carbons (Fsp3) is 0.261. The maximum Gasteiger partial charge on any atom is 0.251 e. The van der Waals surface area contributed by atoms with Gasteiger partial charge in [0, 0.05) is 27.2 Å². The van der Waals surface area contributed by atoms with Crippen molar-refractivity contribution in [2.24, 2.45) is 0 Å². The highest BCUT2D eigenvalue weighted by molar-refractivity contribution is 8.01. The Morgan fingerprint density at radius 2 is 1.90 bits per heavy atom. The Kier molecular flexibility index (Phi) is 8.57. The number of nitrogens with zero attached hydrogens (tertiary/aromatic N) is 1. The summed E-state index contributed by atoms with van der Waals surface area (Å²) in [5.41, 5.74) is 3.27. The first-order valence-electron chi connectivity index (χ1n) is 9.82. The van der Waals surface area contributed by atoms with Crippen molar-refractivity contribution in [1.29, 1.82) is 0 Å². The molecule has 2 N–H and O–H groups in total. The first-order chi connectivity index (χ1) is 14.9. The van der Waals surface area contributed by atoms with Crippen LogP contribution in [0.5, 0.6) is 0 Å². The Bertz CT molecular complexity index is 1030. The smallest absolute Gasteiger partial charge is 0.251 e. The van der Waals surface area contributed by atoms with Gasteiger partial charge in [0.25, 0.3) is 5.91 Å². The third-order valence-electron chi connectivity index (χ3n) is 4.44. The molecule has 5 nitrogen and oxygen atoms in total. The lowest BCUT2D eigenvalue weighted by molar-refractivity contribution is -0.118. The Balaban J connectivity index is 1.63. The van der Waals surface area contributed by atoms with E-state index in [1.165, 1.54) is 0 Å². The van der Waals surface area contributed by atoms with Gasteiger partial charge in [0.2, 0.25) is 5.91 Å². The lowest BCUT2D eigenvalue weighted by Crippen LogP contribution is -2.44. The summed E-state index contributed by atoms with van der Waals surface area (Å²) >= 11 is 4.86. The molecule has 0 radical (unpaired) electrons. The van der Waals surface area contributed by atoms with E-state index in [4.69, 9.17) is 0 Å². The van der Waals surface area contributed by atoms with Crippen molar-refractivity contribution < 1.29 is 9.59 Å². The molecular formula is C23H25N3O2S3. The molecule has 0 bridgehead atoms. The maximum absolute atomic E-state index is 12.9. The largest absolute Gasteiger partial charge is 0.340 e. The molecule has 1 heterocycles. The van der Waals surface area contributed by atoms with Crippen molar-refractivity contribution >= 4 is 52.4 Å². The summed E-state index contributed by atoms with van der Waals surface area (Å²) < 4.78 is 0.991. The fourth-order valence-corrected chi connectivity index (χ4v) is 5.13. The zero-order valence-corrected chi connectivity index (χ0v) is 20.1. The highest BCUT2D eigenvalue weighted by atomic mass is 32.2. The predicted molar refractivity (Wildman–Crippen MR) is 131 cm³/mol. The minimum absolute atomic E-state index is 0.217. The number of hydrogen-bond acceptors (Lipinski definition) is 6. The van der Waals surface area contributed by atoms with Gasteiger partial charge in [-0.3, -0.25) is 9.59 Å². The molecule has 3 aromatic rings. The minimum atomic E-state index is -0.604. The molecule has 0 fully saturated rings. The van der Waals surface area contributed by atoms with E-state index in [9.17, 15) is 9.59 Å². The molecule has 0 spiro atoms. The number of thioether (sulfide) groups is 1. The summed E-state index contributed by atoms with van der Waals surface area (Å²) in [6.07, 6.45) is 2.54. The van der Waals surface area contributed by atoms with Crippen LogP contribution in [-0.4, -0.2) is 34.8 Å². The lowest BCUT2D eigenvalue weighted by atomic mass is 10.1. The van der Waals surface area contributed by atoms with Gasteiger partial charge in [-0.1, -0.05) is 29.5 Å². The molecule has 1 aromatic heterocycles. The van der Waals surface area contributed by atoms with E-state index in [1.807, 2.05) is 67.9 Å². The highest BCUT2D eigenvalue weighted by Crippen LogP contribution is 2.30. The Labute approximate surface area is 195 Å².